The molecule has 3 rings (SSSR count). The number of nitrogens with one attached hydrogen (secondary N) is 2. The van der Waals surface area contributed by atoms with E-state index in [4.69, 9.17) is 0 Å². The zero-order valence-corrected chi connectivity index (χ0v) is 15.9. The molecule has 5 heteroatoms. The zero-order valence-electron chi connectivity index (χ0n) is 15.9. The van der Waals surface area contributed by atoms with Gasteiger partial charge < -0.3 is 20.6 Å². The van der Waals surface area contributed by atoms with E-state index in [1.165, 1.54) is 5.56 Å². The number of carbonyl (C=O) groups is 1. The molecule has 1 saturated heterocycles. The molecule has 0 saturated carbocycles. The van der Waals surface area contributed by atoms with Crippen molar-refractivity contribution >= 4 is 11.7 Å². The fraction of sp³-hybridized carbons (Fsp3) is 0.409. The van der Waals surface area contributed by atoms with Gasteiger partial charge in [0.05, 0.1) is 0 Å². The van der Waals surface area contributed by atoms with Gasteiger partial charge in [-0.05, 0) is 62.0 Å². The molecule has 2 aromatic carbocycles. The van der Waals surface area contributed by atoms with Crippen molar-refractivity contribution in [2.24, 2.45) is 5.92 Å². The number of piperidine rings is 1. The Morgan fingerprint density at radius 3 is 2.56 bits per heavy atom. The molecule has 0 bridgehead atoms. The Labute approximate surface area is 161 Å². The third-order valence-corrected chi connectivity index (χ3v) is 5.18. The molecule has 3 N–H and O–H groups in total. The Bertz CT molecular complexity index is 737. The lowest BCUT2D eigenvalue weighted by Gasteiger charge is -2.30. The van der Waals surface area contributed by atoms with Crippen molar-refractivity contribution < 1.29 is 9.90 Å². The zero-order chi connectivity index (χ0) is 19.1. The summed E-state index contributed by atoms with van der Waals surface area (Å²) in [6.45, 7) is 5.81. The molecule has 2 aromatic rings. The highest BCUT2D eigenvalue weighted by molar-refractivity contribution is 5.90. The van der Waals surface area contributed by atoms with E-state index in [2.05, 4.69) is 46.7 Å². The van der Waals surface area contributed by atoms with Crippen molar-refractivity contribution in [3.8, 4) is 11.1 Å². The molecule has 1 heterocycles. The molecule has 1 aliphatic heterocycles. The van der Waals surface area contributed by atoms with Crippen molar-refractivity contribution in [1.29, 1.82) is 0 Å². The van der Waals surface area contributed by atoms with Crippen LogP contribution in [0.5, 0.6) is 0 Å². The van der Waals surface area contributed by atoms with E-state index in [0.29, 0.717) is 12.5 Å². The predicted molar refractivity (Wildman–Crippen MR) is 110 cm³/mol. The second-order valence-corrected chi connectivity index (χ2v) is 7.30. The Hall–Kier alpha value is -2.37. The molecule has 144 valence electrons. The summed E-state index contributed by atoms with van der Waals surface area (Å²) in [5.41, 5.74) is 4.23. The van der Waals surface area contributed by atoms with Gasteiger partial charge in [0, 0.05) is 25.4 Å². The first-order valence-electron chi connectivity index (χ1n) is 9.69. The minimum Gasteiger partial charge on any atom is -0.396 e. The number of hydrogen-bond acceptors (Lipinski definition) is 3. The van der Waals surface area contributed by atoms with Crippen molar-refractivity contribution in [2.75, 3.05) is 38.1 Å². The normalized spacial score (nSPS) is 15.5. The van der Waals surface area contributed by atoms with E-state index in [-0.39, 0.29) is 12.6 Å². The fourth-order valence-corrected chi connectivity index (χ4v) is 3.42. The van der Waals surface area contributed by atoms with Gasteiger partial charge in [-0.25, -0.2) is 4.79 Å². The van der Waals surface area contributed by atoms with Crippen LogP contribution >= 0.6 is 0 Å². The average Bonchev–Trinajstić information content (AvgIpc) is 2.69. The third kappa shape index (κ3) is 5.81. The molecule has 1 aliphatic rings. The van der Waals surface area contributed by atoms with Gasteiger partial charge in [0.1, 0.15) is 0 Å². The van der Waals surface area contributed by atoms with Gasteiger partial charge in [0.15, 0.2) is 0 Å². The van der Waals surface area contributed by atoms with Crippen LogP contribution in [0.1, 0.15) is 18.4 Å². The molecule has 0 aromatic heterocycles. The highest BCUT2D eigenvalue weighted by Gasteiger charge is 2.17. The van der Waals surface area contributed by atoms with Gasteiger partial charge in [0.25, 0.3) is 0 Å². The van der Waals surface area contributed by atoms with Gasteiger partial charge in [-0.15, -0.1) is 0 Å². The molecule has 1 fully saturated rings. The maximum Gasteiger partial charge on any atom is 0.319 e. The first kappa shape index (κ1) is 19.4. The van der Waals surface area contributed by atoms with Crippen LogP contribution in [0.15, 0.2) is 48.5 Å². The number of carbonyl (C=O) groups excluding carboxylic acids is 1. The summed E-state index contributed by atoms with van der Waals surface area (Å²) in [5.74, 6) is 0.443. The Balaban J connectivity index is 1.45. The molecule has 27 heavy (non-hydrogen) atoms. The lowest BCUT2D eigenvalue weighted by atomic mass is 9.98. The second-order valence-electron chi connectivity index (χ2n) is 7.30. The molecule has 0 atom stereocenters. The van der Waals surface area contributed by atoms with Crippen LogP contribution < -0.4 is 10.6 Å². The molecular formula is C22H29N3O2. The fourth-order valence-electron chi connectivity index (χ4n) is 3.42. The van der Waals surface area contributed by atoms with E-state index in [1.54, 1.807) is 0 Å². The van der Waals surface area contributed by atoms with Gasteiger partial charge >= 0.3 is 6.03 Å². The van der Waals surface area contributed by atoms with Crippen LogP contribution in [-0.2, 0) is 0 Å². The molecular weight excluding hydrogens is 338 g/mol. The minimum atomic E-state index is -0.179. The molecule has 5 nitrogen and oxygen atoms in total. The number of anilines is 1. The number of benzene rings is 2. The van der Waals surface area contributed by atoms with Crippen LogP contribution in [0.3, 0.4) is 0 Å². The summed E-state index contributed by atoms with van der Waals surface area (Å²) < 4.78 is 0. The SMILES string of the molecule is Cc1ccc(-c2cccc(NC(=O)NCCN3CCC(CO)CC3)c2)cc1. The molecule has 0 aliphatic carbocycles. The number of urea groups is 1. The Morgan fingerprint density at radius 2 is 1.85 bits per heavy atom. The summed E-state index contributed by atoms with van der Waals surface area (Å²) in [6.07, 6.45) is 2.07. The summed E-state index contributed by atoms with van der Waals surface area (Å²) in [7, 11) is 0. The quantitative estimate of drug-likeness (QED) is 0.732. The van der Waals surface area contributed by atoms with E-state index in [1.807, 2.05) is 24.3 Å². The largest absolute Gasteiger partial charge is 0.396 e. The van der Waals surface area contributed by atoms with E-state index >= 15 is 0 Å². The van der Waals surface area contributed by atoms with Gasteiger partial charge in [-0.3, -0.25) is 0 Å². The number of aryl methyl sites for hydroxylation is 1. The average molecular weight is 367 g/mol. The second kappa shape index (κ2) is 9.53. The number of rotatable bonds is 6. The van der Waals surface area contributed by atoms with Crippen LogP contribution in [-0.4, -0.2) is 48.8 Å². The molecule has 0 spiro atoms. The van der Waals surface area contributed by atoms with E-state index < -0.39 is 0 Å². The number of aliphatic hydroxyl groups excluding tert-OH is 1. The molecule has 2 amide bonds. The van der Waals surface area contributed by atoms with Gasteiger partial charge in [0.2, 0.25) is 0 Å². The van der Waals surface area contributed by atoms with Crippen molar-refractivity contribution in [3.63, 3.8) is 0 Å². The van der Waals surface area contributed by atoms with Gasteiger partial charge in [-0.1, -0.05) is 42.0 Å². The van der Waals surface area contributed by atoms with Crippen LogP contribution in [0, 0.1) is 12.8 Å². The van der Waals surface area contributed by atoms with E-state index in [0.717, 1.165) is 49.3 Å². The minimum absolute atomic E-state index is 0.179. The molecule has 0 radical (unpaired) electrons. The summed E-state index contributed by atoms with van der Waals surface area (Å²) >= 11 is 0. The van der Waals surface area contributed by atoms with Gasteiger partial charge in [-0.2, -0.15) is 0 Å². The lowest BCUT2D eigenvalue weighted by Crippen LogP contribution is -2.41. The number of likely N-dealkylation sites (tertiary alicyclic amines) is 1. The number of hydrogen-bond donors (Lipinski definition) is 3. The summed E-state index contributed by atoms with van der Waals surface area (Å²) in [5, 5.41) is 15.0. The summed E-state index contributed by atoms with van der Waals surface area (Å²) in [6, 6.07) is 16.1. The van der Waals surface area contributed by atoms with Crippen LogP contribution in [0.4, 0.5) is 10.5 Å². The first-order chi connectivity index (χ1) is 13.1. The standard InChI is InChI=1S/C22H29N3O2/c1-17-5-7-19(8-6-17)20-3-2-4-21(15-20)24-22(27)23-11-14-25-12-9-18(16-26)10-13-25/h2-8,15,18,26H,9-14,16H2,1H3,(H2,23,24,27). The highest BCUT2D eigenvalue weighted by Crippen LogP contribution is 2.23. The van der Waals surface area contributed by atoms with Crippen molar-refractivity contribution in [2.45, 2.75) is 19.8 Å². The van der Waals surface area contributed by atoms with E-state index in [9.17, 15) is 9.90 Å². The Morgan fingerprint density at radius 1 is 1.11 bits per heavy atom. The highest BCUT2D eigenvalue weighted by atomic mass is 16.3. The monoisotopic (exact) mass is 367 g/mol. The predicted octanol–water partition coefficient (Wildman–Crippen LogP) is 3.49. The maximum atomic E-state index is 12.2. The topological polar surface area (TPSA) is 64.6 Å². The van der Waals surface area contributed by atoms with Crippen molar-refractivity contribution in [3.05, 3.63) is 54.1 Å². The third-order valence-electron chi connectivity index (χ3n) is 5.18. The van der Waals surface area contributed by atoms with Crippen molar-refractivity contribution in [1.82, 2.24) is 10.2 Å². The lowest BCUT2D eigenvalue weighted by molar-refractivity contribution is 0.132. The van der Waals surface area contributed by atoms with Crippen LogP contribution in [0.25, 0.3) is 11.1 Å². The maximum absolute atomic E-state index is 12.2. The Kier molecular flexibility index (Phi) is 6.85. The number of nitrogens with zero attached hydrogens (tertiary/aromatic N) is 1. The van der Waals surface area contributed by atoms with Crippen LogP contribution in [0.2, 0.25) is 0 Å². The number of aliphatic hydroxyl groups is 1. The number of amides is 2. The first-order valence-corrected chi connectivity index (χ1v) is 9.69. The smallest absolute Gasteiger partial charge is 0.319 e. The summed E-state index contributed by atoms with van der Waals surface area (Å²) in [4.78, 5) is 14.5. The molecule has 0 unspecified atom stereocenters.